The normalized spacial score (nSPS) is 11.3. The summed E-state index contributed by atoms with van der Waals surface area (Å²) in [6, 6.07) is 94.9. The number of anilines is 3. The number of hydrogen-bond acceptors (Lipinski definition) is 2. The highest BCUT2D eigenvalue weighted by atomic mass is 32.1. The highest BCUT2D eigenvalue weighted by Gasteiger charge is 2.24. The summed E-state index contributed by atoms with van der Waals surface area (Å²) in [4.78, 5) is 4.86. The van der Waals surface area contributed by atoms with Gasteiger partial charge in [-0.25, -0.2) is 0 Å². The Morgan fingerprint density at radius 1 is 0.309 bits per heavy atom. The van der Waals surface area contributed by atoms with Crippen molar-refractivity contribution >= 4 is 50.2 Å². The molecular weight excluding hydrogens is 841 g/mol. The zero-order chi connectivity index (χ0) is 45.4. The Morgan fingerprint density at radius 2 is 0.706 bits per heavy atom. The molecule has 0 saturated heterocycles. The first-order valence-corrected chi connectivity index (χ1v) is 24.1. The summed E-state index contributed by atoms with van der Waals surface area (Å²) in [7, 11) is 0. The second kappa shape index (κ2) is 17.7. The number of thiophene rings is 1. The van der Waals surface area contributed by atoms with Crippen molar-refractivity contribution in [2.75, 3.05) is 4.90 Å². The molecule has 0 radical (unpaired) electrons. The summed E-state index contributed by atoms with van der Waals surface area (Å²) in [5.41, 5.74) is 20.1. The molecule has 0 atom stereocenters. The second-order valence-electron chi connectivity index (χ2n) is 17.4. The van der Waals surface area contributed by atoms with Crippen LogP contribution in [-0.2, 0) is 0 Å². The SMILES string of the molecule is Cc1ccc(-c2ccc(N(c3ccc(-c4sc(-c5ccc(-n6c7ccccc7c7ccccc76)cc5)c(-c5ccccc5)c4-c4ccccc4)cc3)c3cccc(-c4ccccc4)c3)cc2)cc1. The van der Waals surface area contributed by atoms with Crippen LogP contribution in [0, 0.1) is 6.92 Å². The van der Waals surface area contributed by atoms with Crippen LogP contribution >= 0.6 is 11.3 Å². The van der Waals surface area contributed by atoms with Crippen LogP contribution in [0.1, 0.15) is 5.56 Å². The number of para-hydroxylation sites is 2. The minimum Gasteiger partial charge on any atom is -0.310 e. The summed E-state index contributed by atoms with van der Waals surface area (Å²) >= 11 is 1.88. The Morgan fingerprint density at radius 3 is 1.22 bits per heavy atom. The maximum absolute atomic E-state index is 2.39. The molecule has 2 heterocycles. The van der Waals surface area contributed by atoms with Crippen molar-refractivity contribution in [3.63, 3.8) is 0 Å². The molecule has 0 N–H and O–H groups in total. The summed E-state index contributed by atoms with van der Waals surface area (Å²) in [5.74, 6) is 0. The monoisotopic (exact) mass is 886 g/mol. The fourth-order valence-corrected chi connectivity index (χ4v) is 11.1. The fraction of sp³-hybridized carbons (Fsp3) is 0.0154. The Balaban J connectivity index is 0.989. The first-order chi connectivity index (χ1) is 33.6. The first-order valence-electron chi connectivity index (χ1n) is 23.2. The van der Waals surface area contributed by atoms with E-state index in [1.807, 2.05) is 11.3 Å². The van der Waals surface area contributed by atoms with E-state index in [4.69, 9.17) is 0 Å². The van der Waals surface area contributed by atoms with Crippen LogP contribution in [0.2, 0.25) is 0 Å². The number of fused-ring (bicyclic) bond motifs is 3. The van der Waals surface area contributed by atoms with Gasteiger partial charge in [-0.05, 0) is 112 Å². The number of aromatic nitrogens is 1. The van der Waals surface area contributed by atoms with Gasteiger partial charge in [0.25, 0.3) is 0 Å². The first kappa shape index (κ1) is 41.0. The molecule has 0 aliphatic carbocycles. The summed E-state index contributed by atoms with van der Waals surface area (Å²) in [6.07, 6.45) is 0. The maximum Gasteiger partial charge on any atom is 0.0541 e. The van der Waals surface area contributed by atoms with Gasteiger partial charge < -0.3 is 9.47 Å². The molecule has 12 aromatic rings. The van der Waals surface area contributed by atoms with E-state index in [1.165, 1.54) is 92.8 Å². The number of aryl methyl sites for hydroxylation is 1. The molecular formula is C65H46N2S. The average Bonchev–Trinajstić information content (AvgIpc) is 3.98. The predicted molar refractivity (Wildman–Crippen MR) is 291 cm³/mol. The van der Waals surface area contributed by atoms with Gasteiger partial charge in [0.2, 0.25) is 0 Å². The number of benzene rings is 10. The lowest BCUT2D eigenvalue weighted by Crippen LogP contribution is -2.10. The average molecular weight is 887 g/mol. The standard InChI is InChI=1S/C65H46N2S/c1-45-28-30-47(31-29-45)48-32-38-54(39-33-48)66(57-23-15-22-53(44-57)46-16-5-2-6-17-46)55-40-34-51(35-41-55)64-62(49-18-7-3-8-19-49)63(50-20-9-4-10-21-50)65(68-64)52-36-42-56(43-37-52)67-60-26-13-11-24-58(60)59-25-12-14-27-61(59)67/h2-44H,1H3. The van der Waals surface area contributed by atoms with E-state index in [0.717, 1.165) is 22.7 Å². The van der Waals surface area contributed by atoms with E-state index in [2.05, 4.69) is 277 Å². The van der Waals surface area contributed by atoms with Crippen LogP contribution in [0.5, 0.6) is 0 Å². The van der Waals surface area contributed by atoms with E-state index in [0.29, 0.717) is 0 Å². The largest absolute Gasteiger partial charge is 0.310 e. The van der Waals surface area contributed by atoms with Crippen LogP contribution in [0.3, 0.4) is 0 Å². The molecule has 0 amide bonds. The zero-order valence-electron chi connectivity index (χ0n) is 37.6. The third-order valence-electron chi connectivity index (χ3n) is 13.1. The molecule has 0 saturated carbocycles. The van der Waals surface area contributed by atoms with Gasteiger partial charge in [0.1, 0.15) is 0 Å². The molecule has 0 bridgehead atoms. The molecule has 3 heteroatoms. The quantitative estimate of drug-likeness (QED) is 0.133. The van der Waals surface area contributed by atoms with Gasteiger partial charge in [-0.3, -0.25) is 0 Å². The van der Waals surface area contributed by atoms with Crippen molar-refractivity contribution in [2.45, 2.75) is 6.92 Å². The smallest absolute Gasteiger partial charge is 0.0541 e. The third kappa shape index (κ3) is 7.59. The molecule has 322 valence electrons. The highest BCUT2D eigenvalue weighted by Crippen LogP contribution is 2.52. The van der Waals surface area contributed by atoms with Crippen LogP contribution in [0.25, 0.3) is 92.9 Å². The lowest BCUT2D eigenvalue weighted by Gasteiger charge is -2.26. The molecule has 2 aromatic heterocycles. The topological polar surface area (TPSA) is 8.17 Å². The molecule has 0 aliphatic heterocycles. The lowest BCUT2D eigenvalue weighted by molar-refractivity contribution is 1.18. The van der Waals surface area contributed by atoms with Crippen molar-refractivity contribution in [3.8, 4) is 71.1 Å². The zero-order valence-corrected chi connectivity index (χ0v) is 38.4. The Kier molecular flexibility index (Phi) is 10.7. The lowest BCUT2D eigenvalue weighted by atomic mass is 9.91. The van der Waals surface area contributed by atoms with Crippen LogP contribution in [0.15, 0.2) is 261 Å². The summed E-state index contributed by atoms with van der Waals surface area (Å²) in [5, 5.41) is 2.53. The number of rotatable bonds is 10. The summed E-state index contributed by atoms with van der Waals surface area (Å²) in [6.45, 7) is 2.13. The van der Waals surface area contributed by atoms with Crippen LogP contribution < -0.4 is 4.90 Å². The Labute approximate surface area is 401 Å². The molecule has 0 unspecified atom stereocenters. The van der Waals surface area contributed by atoms with Gasteiger partial charge in [0.15, 0.2) is 0 Å². The molecule has 68 heavy (non-hydrogen) atoms. The van der Waals surface area contributed by atoms with Crippen LogP contribution in [-0.4, -0.2) is 4.57 Å². The maximum atomic E-state index is 2.39. The van der Waals surface area contributed by atoms with Gasteiger partial charge in [-0.1, -0.05) is 206 Å². The highest BCUT2D eigenvalue weighted by molar-refractivity contribution is 7.20. The molecule has 12 rings (SSSR count). The molecule has 2 nitrogen and oxygen atoms in total. The van der Waals surface area contributed by atoms with Crippen molar-refractivity contribution in [1.29, 1.82) is 0 Å². The minimum absolute atomic E-state index is 1.09. The van der Waals surface area contributed by atoms with Crippen molar-refractivity contribution in [3.05, 3.63) is 266 Å². The van der Waals surface area contributed by atoms with Gasteiger partial charge >= 0.3 is 0 Å². The van der Waals surface area contributed by atoms with E-state index in [-0.39, 0.29) is 0 Å². The van der Waals surface area contributed by atoms with Gasteiger partial charge in [-0.15, -0.1) is 11.3 Å². The van der Waals surface area contributed by atoms with Gasteiger partial charge in [0.05, 0.1) is 11.0 Å². The third-order valence-corrected chi connectivity index (χ3v) is 14.4. The van der Waals surface area contributed by atoms with E-state index >= 15 is 0 Å². The van der Waals surface area contributed by atoms with Crippen LogP contribution in [0.4, 0.5) is 17.1 Å². The van der Waals surface area contributed by atoms with Crippen molar-refractivity contribution < 1.29 is 0 Å². The molecule has 0 aliphatic rings. The minimum atomic E-state index is 1.09. The van der Waals surface area contributed by atoms with Gasteiger partial charge in [0, 0.05) is 54.4 Å². The van der Waals surface area contributed by atoms with E-state index in [1.54, 1.807) is 0 Å². The summed E-state index contributed by atoms with van der Waals surface area (Å²) < 4.78 is 2.39. The predicted octanol–water partition coefficient (Wildman–Crippen LogP) is 18.6. The molecule has 0 fully saturated rings. The number of hydrogen-bond donors (Lipinski definition) is 0. The Hall–Kier alpha value is -8.50. The van der Waals surface area contributed by atoms with E-state index in [9.17, 15) is 0 Å². The van der Waals surface area contributed by atoms with Gasteiger partial charge in [-0.2, -0.15) is 0 Å². The number of nitrogens with zero attached hydrogens (tertiary/aromatic N) is 2. The van der Waals surface area contributed by atoms with E-state index < -0.39 is 0 Å². The Bertz CT molecular complexity index is 3630. The molecule has 10 aromatic carbocycles. The van der Waals surface area contributed by atoms with Crippen molar-refractivity contribution in [1.82, 2.24) is 4.57 Å². The second-order valence-corrected chi connectivity index (χ2v) is 18.4. The van der Waals surface area contributed by atoms with Crippen molar-refractivity contribution in [2.24, 2.45) is 0 Å². The fourth-order valence-electron chi connectivity index (χ4n) is 9.77. The molecule has 0 spiro atoms.